The van der Waals surface area contributed by atoms with Gasteiger partial charge >= 0.3 is 0 Å². The number of benzene rings is 1. The van der Waals surface area contributed by atoms with Gasteiger partial charge in [-0.1, -0.05) is 19.4 Å². The molecular weight excluding hydrogens is 254 g/mol. The lowest BCUT2D eigenvalue weighted by atomic mass is 10.2. The van der Waals surface area contributed by atoms with Crippen LogP contribution in [0.4, 0.5) is 11.4 Å². The van der Waals surface area contributed by atoms with Crippen molar-refractivity contribution in [1.82, 2.24) is 0 Å². The number of hydrogen-bond donors (Lipinski definition) is 3. The van der Waals surface area contributed by atoms with Gasteiger partial charge in [0.25, 0.3) is 10.2 Å². The molecule has 0 heterocycles. The molecule has 4 N–H and O–H groups in total. The van der Waals surface area contributed by atoms with Crippen molar-refractivity contribution in [2.24, 2.45) is 5.14 Å². The predicted octanol–water partition coefficient (Wildman–Crippen LogP) is 1.43. The monoisotopic (exact) mass is 271 g/mol. The smallest absolute Gasteiger partial charge is 0.296 e. The standard InChI is InChI=1S/C11H17N3O3S/c1-2-3-7-11(15)13-9-5-4-6-10(8-9)14-18(12,16)17/h4-6,8,14H,2-3,7H2,1H3,(H,13,15)(H2,12,16,17). The maximum Gasteiger partial charge on any atom is 0.296 e. The van der Waals surface area contributed by atoms with Gasteiger partial charge in [-0.2, -0.15) is 8.42 Å². The van der Waals surface area contributed by atoms with Crippen molar-refractivity contribution in [2.75, 3.05) is 10.0 Å². The lowest BCUT2D eigenvalue weighted by Crippen LogP contribution is -2.21. The molecule has 0 bridgehead atoms. The molecule has 1 aromatic rings. The summed E-state index contributed by atoms with van der Waals surface area (Å²) in [4.78, 5) is 11.5. The third-order valence-corrected chi connectivity index (χ3v) is 2.68. The fourth-order valence-corrected chi connectivity index (χ4v) is 1.84. The molecule has 0 saturated heterocycles. The maximum atomic E-state index is 11.5. The van der Waals surface area contributed by atoms with E-state index >= 15 is 0 Å². The molecule has 0 spiro atoms. The second kappa shape index (κ2) is 6.36. The number of hydrogen-bond acceptors (Lipinski definition) is 3. The summed E-state index contributed by atoms with van der Waals surface area (Å²) in [6.07, 6.45) is 2.21. The van der Waals surface area contributed by atoms with E-state index in [0.717, 1.165) is 12.8 Å². The first-order valence-electron chi connectivity index (χ1n) is 5.61. The molecule has 1 amide bonds. The molecular formula is C11H17N3O3S. The van der Waals surface area contributed by atoms with E-state index in [1.165, 1.54) is 6.07 Å². The highest BCUT2D eigenvalue weighted by Gasteiger charge is 2.05. The van der Waals surface area contributed by atoms with Gasteiger partial charge in [0, 0.05) is 12.1 Å². The average Bonchev–Trinajstić information content (AvgIpc) is 2.24. The van der Waals surface area contributed by atoms with Gasteiger partial charge in [-0.25, -0.2) is 5.14 Å². The lowest BCUT2D eigenvalue weighted by Gasteiger charge is -2.07. The molecule has 7 heteroatoms. The zero-order valence-corrected chi connectivity index (χ0v) is 11.0. The summed E-state index contributed by atoms with van der Waals surface area (Å²) in [5.41, 5.74) is 0.843. The molecule has 0 aliphatic carbocycles. The molecule has 6 nitrogen and oxygen atoms in total. The molecule has 0 atom stereocenters. The molecule has 0 aliphatic heterocycles. The van der Waals surface area contributed by atoms with Crippen molar-refractivity contribution >= 4 is 27.5 Å². The predicted molar refractivity (Wildman–Crippen MR) is 71.3 cm³/mol. The highest BCUT2D eigenvalue weighted by molar-refractivity contribution is 7.90. The average molecular weight is 271 g/mol. The van der Waals surface area contributed by atoms with Crippen molar-refractivity contribution in [3.05, 3.63) is 24.3 Å². The molecule has 18 heavy (non-hydrogen) atoms. The van der Waals surface area contributed by atoms with Crippen LogP contribution in [0.3, 0.4) is 0 Å². The first-order valence-corrected chi connectivity index (χ1v) is 7.16. The number of unbranched alkanes of at least 4 members (excludes halogenated alkanes) is 1. The van der Waals surface area contributed by atoms with Crippen molar-refractivity contribution in [2.45, 2.75) is 26.2 Å². The van der Waals surface area contributed by atoms with Gasteiger partial charge in [-0.3, -0.25) is 9.52 Å². The van der Waals surface area contributed by atoms with E-state index in [2.05, 4.69) is 10.0 Å². The minimum Gasteiger partial charge on any atom is -0.326 e. The molecule has 1 rings (SSSR count). The molecule has 1 aromatic carbocycles. The van der Waals surface area contributed by atoms with Crippen LogP contribution in [-0.4, -0.2) is 14.3 Å². The Morgan fingerprint density at radius 1 is 1.33 bits per heavy atom. The topological polar surface area (TPSA) is 101 Å². The SMILES string of the molecule is CCCCC(=O)Nc1cccc(NS(N)(=O)=O)c1. The van der Waals surface area contributed by atoms with Crippen LogP contribution in [0.1, 0.15) is 26.2 Å². The van der Waals surface area contributed by atoms with Crippen LogP contribution in [0.2, 0.25) is 0 Å². The fourth-order valence-electron chi connectivity index (χ4n) is 1.39. The Morgan fingerprint density at radius 3 is 2.61 bits per heavy atom. The highest BCUT2D eigenvalue weighted by atomic mass is 32.2. The Morgan fingerprint density at radius 2 is 2.00 bits per heavy atom. The van der Waals surface area contributed by atoms with Crippen molar-refractivity contribution < 1.29 is 13.2 Å². The first-order chi connectivity index (χ1) is 8.40. The minimum absolute atomic E-state index is 0.0930. The van der Waals surface area contributed by atoms with E-state index in [0.29, 0.717) is 17.8 Å². The Bertz CT molecular complexity index is 514. The molecule has 0 unspecified atom stereocenters. The zero-order valence-electron chi connectivity index (χ0n) is 10.1. The molecule has 100 valence electrons. The van der Waals surface area contributed by atoms with E-state index < -0.39 is 10.2 Å². The summed E-state index contributed by atoms with van der Waals surface area (Å²) in [5.74, 6) is -0.0930. The van der Waals surface area contributed by atoms with Crippen LogP contribution in [-0.2, 0) is 15.0 Å². The number of rotatable bonds is 6. The quantitative estimate of drug-likeness (QED) is 0.729. The third-order valence-electron chi connectivity index (χ3n) is 2.16. The van der Waals surface area contributed by atoms with E-state index in [4.69, 9.17) is 5.14 Å². The van der Waals surface area contributed by atoms with Gasteiger partial charge < -0.3 is 5.32 Å². The largest absolute Gasteiger partial charge is 0.326 e. The fraction of sp³-hybridized carbons (Fsp3) is 0.364. The number of nitrogens with one attached hydrogen (secondary N) is 2. The second-order valence-corrected chi connectivity index (χ2v) is 5.17. The summed E-state index contributed by atoms with van der Waals surface area (Å²) in [7, 11) is -3.80. The van der Waals surface area contributed by atoms with E-state index in [1.54, 1.807) is 18.2 Å². The van der Waals surface area contributed by atoms with Crippen LogP contribution in [0, 0.1) is 0 Å². The number of amides is 1. The number of nitrogens with two attached hydrogens (primary N) is 1. The molecule has 0 radical (unpaired) electrons. The lowest BCUT2D eigenvalue weighted by molar-refractivity contribution is -0.116. The summed E-state index contributed by atoms with van der Waals surface area (Å²) >= 11 is 0. The Hall–Kier alpha value is -1.60. The maximum absolute atomic E-state index is 11.5. The van der Waals surface area contributed by atoms with Gasteiger partial charge in [0.2, 0.25) is 5.91 Å². The summed E-state index contributed by atoms with van der Waals surface area (Å²) in [6.45, 7) is 2.00. The minimum atomic E-state index is -3.80. The molecule has 0 fully saturated rings. The second-order valence-electron chi connectivity index (χ2n) is 3.88. The summed E-state index contributed by atoms with van der Waals surface area (Å²) in [5, 5.41) is 7.55. The van der Waals surface area contributed by atoms with Gasteiger partial charge in [-0.05, 0) is 24.6 Å². The highest BCUT2D eigenvalue weighted by Crippen LogP contribution is 2.16. The van der Waals surface area contributed by atoms with Crippen LogP contribution in [0.25, 0.3) is 0 Å². The number of carbonyl (C=O) groups is 1. The van der Waals surface area contributed by atoms with Crippen LogP contribution < -0.4 is 15.2 Å². The molecule has 0 aliphatic rings. The summed E-state index contributed by atoms with van der Waals surface area (Å²) in [6, 6.07) is 6.36. The van der Waals surface area contributed by atoms with Crippen LogP contribution in [0.5, 0.6) is 0 Å². The normalized spacial score (nSPS) is 11.0. The van der Waals surface area contributed by atoms with Crippen LogP contribution in [0.15, 0.2) is 24.3 Å². The molecule has 0 saturated carbocycles. The van der Waals surface area contributed by atoms with Crippen molar-refractivity contribution in [3.8, 4) is 0 Å². The Kier molecular flexibility index (Phi) is 5.11. The van der Waals surface area contributed by atoms with Gasteiger partial charge in [0.1, 0.15) is 0 Å². The first kappa shape index (κ1) is 14.5. The van der Waals surface area contributed by atoms with Gasteiger partial charge in [0.15, 0.2) is 0 Å². The number of carbonyl (C=O) groups excluding carboxylic acids is 1. The summed E-state index contributed by atoms with van der Waals surface area (Å²) < 4.78 is 23.8. The zero-order chi connectivity index (χ0) is 13.6. The van der Waals surface area contributed by atoms with Crippen molar-refractivity contribution in [1.29, 1.82) is 0 Å². The van der Waals surface area contributed by atoms with Gasteiger partial charge in [0.05, 0.1) is 5.69 Å². The molecule has 0 aromatic heterocycles. The van der Waals surface area contributed by atoms with E-state index in [9.17, 15) is 13.2 Å². The Labute approximate surface area is 107 Å². The number of anilines is 2. The van der Waals surface area contributed by atoms with E-state index in [1.807, 2.05) is 6.92 Å². The van der Waals surface area contributed by atoms with Gasteiger partial charge in [-0.15, -0.1) is 0 Å². The Balaban J connectivity index is 2.68. The van der Waals surface area contributed by atoms with E-state index in [-0.39, 0.29) is 5.91 Å². The van der Waals surface area contributed by atoms with Crippen LogP contribution >= 0.6 is 0 Å². The third kappa shape index (κ3) is 5.65. The van der Waals surface area contributed by atoms with Crippen molar-refractivity contribution in [3.63, 3.8) is 0 Å².